The van der Waals surface area contributed by atoms with Gasteiger partial charge in [0, 0.05) is 22.1 Å². The maximum absolute atomic E-state index is 14.7. The molecule has 1 aliphatic heterocycles. The molecule has 1 amide bonds. The first-order chi connectivity index (χ1) is 28.0. The number of Topliss-reactive ketones (excluding diaryl/α,β-unsaturated/α-hetero) is 1. The molecular formula is C49H86N2O7S2Si2. The molecule has 4 rings (SSSR count). The number of nitrogens with zero attached hydrogens (tertiary/aromatic N) is 2. The van der Waals surface area contributed by atoms with E-state index >= 15 is 0 Å². The number of hydrogen-bond donors (Lipinski definition) is 1. The molecule has 2 aliphatic carbocycles. The molecule has 3 aliphatic rings. The summed E-state index contributed by atoms with van der Waals surface area (Å²) in [7, 11) is -8.44. The van der Waals surface area contributed by atoms with Crippen molar-refractivity contribution in [3.63, 3.8) is 0 Å². The van der Waals surface area contributed by atoms with Gasteiger partial charge in [-0.15, -0.1) is 11.3 Å². The molecule has 62 heavy (non-hydrogen) atoms. The van der Waals surface area contributed by atoms with Gasteiger partial charge >= 0.3 is 0 Å². The molecule has 0 aromatic carbocycles. The van der Waals surface area contributed by atoms with Crippen LogP contribution in [0.5, 0.6) is 0 Å². The van der Waals surface area contributed by atoms with Crippen LogP contribution in [0.4, 0.5) is 0 Å². The van der Waals surface area contributed by atoms with Gasteiger partial charge in [0.15, 0.2) is 16.6 Å². The van der Waals surface area contributed by atoms with Gasteiger partial charge in [0.25, 0.3) is 0 Å². The Morgan fingerprint density at radius 1 is 1.02 bits per heavy atom. The van der Waals surface area contributed by atoms with Gasteiger partial charge in [-0.2, -0.15) is 0 Å². The normalized spacial score (nSPS) is 25.7. The van der Waals surface area contributed by atoms with Gasteiger partial charge in [-0.25, -0.2) is 17.7 Å². The summed E-state index contributed by atoms with van der Waals surface area (Å²) in [6.45, 7) is 40.1. The topological polar surface area (TPSA) is 123 Å². The van der Waals surface area contributed by atoms with Crippen LogP contribution < -0.4 is 0 Å². The van der Waals surface area contributed by atoms with Crippen molar-refractivity contribution in [3.05, 3.63) is 33.3 Å². The summed E-state index contributed by atoms with van der Waals surface area (Å²) in [4.78, 5) is 33.8. The van der Waals surface area contributed by atoms with Crippen LogP contribution in [0.3, 0.4) is 0 Å². The smallest absolute Gasteiger partial charge is 0.238 e. The zero-order valence-electron chi connectivity index (χ0n) is 42.2. The lowest BCUT2D eigenvalue weighted by molar-refractivity contribution is -0.143. The van der Waals surface area contributed by atoms with E-state index in [-0.39, 0.29) is 51.5 Å². The number of carbonyl (C=O) groups excluding carboxylic acids is 2. The van der Waals surface area contributed by atoms with Crippen LogP contribution in [0.25, 0.3) is 6.08 Å². The summed E-state index contributed by atoms with van der Waals surface area (Å²) in [5, 5.41) is 14.8. The number of rotatable bonds is 19. The van der Waals surface area contributed by atoms with Crippen LogP contribution in [0.2, 0.25) is 36.3 Å². The van der Waals surface area contributed by atoms with E-state index in [1.54, 1.807) is 18.3 Å². The van der Waals surface area contributed by atoms with Crippen LogP contribution in [0.15, 0.2) is 22.6 Å². The number of ketones is 1. The average molecular weight is 936 g/mol. The minimum atomic E-state index is -3.83. The third-order valence-electron chi connectivity index (χ3n) is 16.9. The molecule has 2 bridgehead atoms. The highest BCUT2D eigenvalue weighted by Gasteiger charge is 2.72. The lowest BCUT2D eigenvalue weighted by Gasteiger charge is -2.45. The summed E-state index contributed by atoms with van der Waals surface area (Å²) in [6.07, 6.45) is 8.20. The predicted octanol–water partition coefficient (Wildman–Crippen LogP) is 12.1. The summed E-state index contributed by atoms with van der Waals surface area (Å²) in [5.74, 6) is -1.11. The first kappa shape index (κ1) is 53.1. The van der Waals surface area contributed by atoms with E-state index < -0.39 is 61.5 Å². The maximum atomic E-state index is 14.7. The minimum Gasteiger partial charge on any atom is -0.412 e. The number of hydrogen-bond acceptors (Lipinski definition) is 9. The molecule has 1 aromatic heterocycles. The van der Waals surface area contributed by atoms with Crippen LogP contribution in [0, 0.1) is 40.9 Å². The number of allylic oxidation sites excluding steroid dienone is 1. The highest BCUT2D eigenvalue weighted by molar-refractivity contribution is 7.90. The van der Waals surface area contributed by atoms with Crippen molar-refractivity contribution in [1.29, 1.82) is 0 Å². The monoisotopic (exact) mass is 935 g/mol. The van der Waals surface area contributed by atoms with Gasteiger partial charge in [0.05, 0.1) is 47.2 Å². The number of amides is 1. The third kappa shape index (κ3) is 10.9. The lowest BCUT2D eigenvalue weighted by Crippen LogP contribution is -2.54. The van der Waals surface area contributed by atoms with Crippen LogP contribution in [0.1, 0.15) is 159 Å². The number of fused-ring (bicyclic) bond motifs is 1. The Morgan fingerprint density at radius 3 is 2.13 bits per heavy atom. The summed E-state index contributed by atoms with van der Waals surface area (Å²) in [5.41, 5.74) is 1.64. The molecule has 13 heteroatoms. The Labute approximate surface area is 384 Å². The third-order valence-corrected chi connectivity index (χ3v) is 28.6. The largest absolute Gasteiger partial charge is 0.412 e. The van der Waals surface area contributed by atoms with Crippen LogP contribution >= 0.6 is 11.3 Å². The van der Waals surface area contributed by atoms with Gasteiger partial charge in [-0.05, 0) is 131 Å². The predicted molar refractivity (Wildman–Crippen MR) is 263 cm³/mol. The van der Waals surface area contributed by atoms with Crippen LogP contribution in [-0.4, -0.2) is 81.2 Å². The first-order valence-corrected chi connectivity index (χ1v) is 31.7. The quantitative estimate of drug-likeness (QED) is 0.107. The molecule has 0 unspecified atom stereocenters. The molecule has 0 radical (unpaired) electrons. The Hall–Kier alpha value is -1.49. The second-order valence-corrected chi connectivity index (χ2v) is 36.4. The zero-order valence-corrected chi connectivity index (χ0v) is 45.9. The molecule has 2 saturated carbocycles. The van der Waals surface area contributed by atoms with E-state index in [9.17, 15) is 23.1 Å². The first-order valence-electron chi connectivity index (χ1n) is 23.4. The highest BCUT2D eigenvalue weighted by atomic mass is 32.2. The molecule has 354 valence electrons. The summed E-state index contributed by atoms with van der Waals surface area (Å²) >= 11 is 1.65. The number of aliphatic hydroxyl groups excluding tert-OH is 1. The summed E-state index contributed by atoms with van der Waals surface area (Å²) in [6, 6.07) is -0.350. The fourth-order valence-corrected chi connectivity index (χ4v) is 16.1. The molecule has 2 heterocycles. The zero-order chi connectivity index (χ0) is 47.4. The van der Waals surface area contributed by atoms with E-state index in [1.165, 1.54) is 15.5 Å². The molecule has 1 saturated heterocycles. The average Bonchev–Trinajstić information content (AvgIpc) is 3.78. The van der Waals surface area contributed by atoms with Crippen molar-refractivity contribution >= 4 is 55.8 Å². The van der Waals surface area contributed by atoms with Crippen molar-refractivity contribution in [2.75, 3.05) is 5.75 Å². The number of carbonyl (C=O) groups is 2. The number of aliphatic hydroxyl groups is 1. The van der Waals surface area contributed by atoms with Gasteiger partial charge in [0.2, 0.25) is 15.9 Å². The molecule has 8 atom stereocenters. The Balaban J connectivity index is 1.46. The molecule has 1 N–H and O–H groups in total. The Morgan fingerprint density at radius 2 is 1.60 bits per heavy atom. The SMILES string of the molecule is C/C(=C/C[C@@H](O[Si](C)(C)C(C)(C)C)/C(C)=C/c1csc(C)n1)CCC[C@H](C)[C@H](O)[C@@H](C)C(=O)C(C)(C)[C@H](CC(=O)N1[C@H]2C[C@H]3CC[C@]2(CS1(=O)=O)C3(C)C)O[Si](C)(C)C(C)(C)C. The fourth-order valence-electron chi connectivity index (χ4n) is 10.2. The number of aryl methyl sites for hydroxylation is 1. The second kappa shape index (κ2) is 18.7. The van der Waals surface area contributed by atoms with Crippen LogP contribution in [-0.2, 0) is 28.5 Å². The highest BCUT2D eigenvalue weighted by Crippen LogP contribution is 2.70. The molecular weight excluding hydrogens is 849 g/mol. The standard InChI is InChI=1S/C49H86N2O7S2Si2/c1-32(23-24-39(57-61(16,17)45(6,7)8)34(3)27-38-30-59-36(5)50-38)21-20-22-33(2)43(53)35(4)44(54)47(12,13)41(58-62(18,19)46(9,10)11)29-42(52)51-40-28-37-25-26-49(40,48(37,14)15)31-60(51,55)56/h23,27,30,33,35,37,39-41,43,53H,20-22,24-26,28-29,31H2,1-19H3/b32-23-,34-27+/t33-,35+,37+,39+,40-,41-,43-,49+/m0/s1. The van der Waals surface area contributed by atoms with Crippen molar-refractivity contribution in [3.8, 4) is 0 Å². The van der Waals surface area contributed by atoms with Crippen molar-refractivity contribution in [2.45, 2.75) is 216 Å². The molecule has 9 nitrogen and oxygen atoms in total. The van der Waals surface area contributed by atoms with Gasteiger partial charge in [0.1, 0.15) is 5.78 Å². The molecule has 1 spiro atoms. The van der Waals surface area contributed by atoms with Gasteiger partial charge in [-0.3, -0.25) is 9.59 Å². The van der Waals surface area contributed by atoms with Gasteiger partial charge in [-0.1, -0.05) is 94.7 Å². The molecule has 1 aromatic rings. The van der Waals surface area contributed by atoms with E-state index in [1.807, 2.05) is 27.7 Å². The summed E-state index contributed by atoms with van der Waals surface area (Å²) < 4.78 is 43.0. The number of aromatic nitrogens is 1. The van der Waals surface area contributed by atoms with Gasteiger partial charge < -0.3 is 14.0 Å². The van der Waals surface area contributed by atoms with E-state index in [2.05, 4.69) is 118 Å². The van der Waals surface area contributed by atoms with E-state index in [0.717, 1.165) is 49.2 Å². The fraction of sp³-hybridized carbons (Fsp3) is 0.816. The Bertz CT molecular complexity index is 1950. The number of sulfonamides is 1. The van der Waals surface area contributed by atoms with E-state index in [4.69, 9.17) is 8.85 Å². The van der Waals surface area contributed by atoms with E-state index in [0.29, 0.717) is 12.3 Å². The molecule has 3 fully saturated rings. The van der Waals surface area contributed by atoms with Crippen molar-refractivity contribution in [2.24, 2.45) is 34.0 Å². The Kier molecular flexibility index (Phi) is 16.0. The minimum absolute atomic E-state index is 0.00316. The van der Waals surface area contributed by atoms with Crippen molar-refractivity contribution in [1.82, 2.24) is 9.29 Å². The second-order valence-electron chi connectivity index (χ2n) is 23.9. The number of thiazole rings is 1. The maximum Gasteiger partial charge on any atom is 0.238 e. The lowest BCUT2D eigenvalue weighted by atomic mass is 9.69. The van der Waals surface area contributed by atoms with Crippen molar-refractivity contribution < 1.29 is 32.0 Å².